The van der Waals surface area contributed by atoms with E-state index in [4.69, 9.17) is 4.74 Å². The van der Waals surface area contributed by atoms with Gasteiger partial charge in [0.1, 0.15) is 17.8 Å². The van der Waals surface area contributed by atoms with Crippen molar-refractivity contribution in [2.75, 3.05) is 13.4 Å². The van der Waals surface area contributed by atoms with E-state index in [9.17, 15) is 21.7 Å². The molecule has 0 aliphatic carbocycles. The molecule has 0 fully saturated rings. The molecule has 1 unspecified atom stereocenters. The molecule has 0 aliphatic rings. The third-order valence-electron chi connectivity index (χ3n) is 2.82. The summed E-state index contributed by atoms with van der Waals surface area (Å²) in [7, 11) is 1.41. The predicted molar refractivity (Wildman–Crippen MR) is 93.6 cm³/mol. The minimum absolute atomic E-state index is 0.121. The van der Waals surface area contributed by atoms with E-state index in [1.165, 1.54) is 17.6 Å². The van der Waals surface area contributed by atoms with Crippen molar-refractivity contribution in [1.29, 1.82) is 0 Å². The summed E-state index contributed by atoms with van der Waals surface area (Å²) in [5.74, 6) is 1.51. The fourth-order valence-electron chi connectivity index (χ4n) is 1.79. The van der Waals surface area contributed by atoms with E-state index in [1.54, 1.807) is 12.1 Å². The second kappa shape index (κ2) is 8.22. The zero-order valence-corrected chi connectivity index (χ0v) is 17.6. The Morgan fingerprint density at radius 1 is 0.926 bits per heavy atom. The van der Waals surface area contributed by atoms with Crippen LogP contribution in [0.4, 0.5) is 21.7 Å². The van der Waals surface area contributed by atoms with Gasteiger partial charge in [0.2, 0.25) is 0 Å². The molecule has 0 aliphatic heterocycles. The first-order valence-corrected chi connectivity index (χ1v) is 14.8. The van der Waals surface area contributed by atoms with Gasteiger partial charge in [-0.25, -0.2) is 4.79 Å². The van der Waals surface area contributed by atoms with Crippen LogP contribution in [0.1, 0.15) is 5.56 Å². The van der Waals surface area contributed by atoms with E-state index in [1.807, 2.05) is 18.2 Å². The van der Waals surface area contributed by atoms with E-state index >= 15 is 0 Å². The van der Waals surface area contributed by atoms with Gasteiger partial charge in [-0.2, -0.15) is 0 Å². The molecule has 1 atom stereocenters. The van der Waals surface area contributed by atoms with Crippen LogP contribution in [0, 0.1) is 0 Å². The molecule has 0 N–H and O–H groups in total. The number of methoxy groups -OCH3 is 1. The standard InChI is InChI=1S/C16H17O3S.6FH.Sb/c1-18-16(17)19-14-8-10-15(11-9-14)20(2)12-13-6-4-3-5-7-13;;;;;;;/h3-11H,12H2,1-2H3;6*1H;/q+1;;;;;;;+5/p-6. The van der Waals surface area contributed by atoms with Gasteiger partial charge < -0.3 is 9.47 Å². The van der Waals surface area contributed by atoms with Gasteiger partial charge in [-0.3, -0.25) is 0 Å². The van der Waals surface area contributed by atoms with Gasteiger partial charge in [-0.1, -0.05) is 30.3 Å². The van der Waals surface area contributed by atoms with E-state index in [-0.39, 0.29) is 10.9 Å². The molecule has 2 aromatic carbocycles. The molecule has 0 spiro atoms. The van der Waals surface area contributed by atoms with Crippen molar-refractivity contribution < 1.29 is 31.1 Å². The topological polar surface area (TPSA) is 35.5 Å². The molecule has 0 heterocycles. The van der Waals surface area contributed by atoms with Gasteiger partial charge in [-0.05, 0) is 24.3 Å². The molecular weight excluding hydrogens is 508 g/mol. The van der Waals surface area contributed by atoms with Crippen molar-refractivity contribution in [2.24, 2.45) is 0 Å². The fourth-order valence-corrected chi connectivity index (χ4v) is 3.25. The summed E-state index contributed by atoms with van der Waals surface area (Å²) >= 11 is -11.2. The summed E-state index contributed by atoms with van der Waals surface area (Å²) in [6.45, 7) is 0. The van der Waals surface area contributed by atoms with Crippen LogP contribution >= 0.6 is 0 Å². The first-order chi connectivity index (χ1) is 12.1. The quantitative estimate of drug-likeness (QED) is 0.167. The third-order valence-corrected chi connectivity index (χ3v) is 4.66. The third kappa shape index (κ3) is 13.3. The van der Waals surface area contributed by atoms with Crippen LogP contribution in [0.25, 0.3) is 0 Å². The molecule has 152 valence electrons. The first-order valence-electron chi connectivity index (χ1n) is 7.23. The van der Waals surface area contributed by atoms with E-state index in [0.29, 0.717) is 5.75 Å². The molecule has 0 saturated carbocycles. The molecule has 3 nitrogen and oxygen atoms in total. The van der Waals surface area contributed by atoms with Crippen molar-refractivity contribution in [1.82, 2.24) is 0 Å². The first kappa shape index (κ1) is 23.5. The van der Waals surface area contributed by atoms with Crippen molar-refractivity contribution in [2.45, 2.75) is 10.6 Å². The van der Waals surface area contributed by atoms with Crippen LogP contribution in [0.3, 0.4) is 0 Å². The Balaban J connectivity index is 0.000000445. The molecule has 11 heteroatoms. The second-order valence-corrected chi connectivity index (χ2v) is 12.8. The van der Waals surface area contributed by atoms with Crippen molar-refractivity contribution in [3.8, 4) is 5.75 Å². The number of carbonyl (C=O) groups excluding carboxylic acids is 1. The number of hydrogen-bond donors (Lipinski definition) is 0. The summed E-state index contributed by atoms with van der Waals surface area (Å²) in [4.78, 5) is 12.2. The van der Waals surface area contributed by atoms with Crippen molar-refractivity contribution in [3.63, 3.8) is 0 Å². The van der Waals surface area contributed by atoms with Gasteiger partial charge in [0, 0.05) is 16.5 Å². The van der Waals surface area contributed by atoms with Crippen LogP contribution in [0.2, 0.25) is 0 Å². The van der Waals surface area contributed by atoms with Crippen molar-refractivity contribution in [3.05, 3.63) is 60.2 Å². The molecule has 0 radical (unpaired) electrons. The molecule has 0 bridgehead atoms. The summed E-state index contributed by atoms with van der Waals surface area (Å²) in [6, 6.07) is 18.0. The van der Waals surface area contributed by atoms with Crippen LogP contribution in [0.15, 0.2) is 59.5 Å². The number of carbonyl (C=O) groups is 1. The molecular formula is C16H17F6O3SSb. The van der Waals surface area contributed by atoms with Gasteiger partial charge in [0.15, 0.2) is 4.90 Å². The second-order valence-electron chi connectivity index (χ2n) is 5.25. The summed E-state index contributed by atoms with van der Waals surface area (Å²) in [5, 5.41) is 0. The van der Waals surface area contributed by atoms with Gasteiger partial charge in [-0.15, -0.1) is 0 Å². The number of ether oxygens (including phenoxy) is 2. The molecule has 2 aromatic rings. The average Bonchev–Trinajstić information content (AvgIpc) is 2.53. The van der Waals surface area contributed by atoms with Gasteiger partial charge in [0.05, 0.1) is 7.11 Å². The summed E-state index contributed by atoms with van der Waals surface area (Å²) in [5.41, 5.74) is 1.33. The molecule has 0 aromatic heterocycles. The maximum absolute atomic E-state index is 11.2. The normalized spacial score (nSPS) is 14.7. The Bertz CT molecular complexity index is 740. The Hall–Kier alpha value is -1.54. The van der Waals surface area contributed by atoms with Gasteiger partial charge in [0.25, 0.3) is 0 Å². The van der Waals surface area contributed by atoms with Crippen LogP contribution in [-0.2, 0) is 21.4 Å². The van der Waals surface area contributed by atoms with Crippen LogP contribution in [-0.4, -0.2) is 39.0 Å². The monoisotopic (exact) mass is 524 g/mol. The number of halogens is 6. The van der Waals surface area contributed by atoms with Crippen LogP contribution in [0.5, 0.6) is 5.75 Å². The molecule has 27 heavy (non-hydrogen) atoms. The zero-order chi connectivity index (χ0) is 20.8. The molecule has 2 rings (SSSR count). The number of benzene rings is 2. The Kier molecular flexibility index (Phi) is 7.16. The van der Waals surface area contributed by atoms with E-state index in [2.05, 4.69) is 35.3 Å². The zero-order valence-electron chi connectivity index (χ0n) is 14.3. The number of rotatable bonds is 4. The van der Waals surface area contributed by atoms with E-state index < -0.39 is 25.6 Å². The molecule has 0 amide bonds. The minimum atomic E-state index is -11.2. The SMILES string of the molecule is COC(=O)Oc1ccc([S+](C)Cc2ccccc2)cc1.[F][Sb-]([F])([F])([F])([F])[F]. The number of hydrogen-bond acceptors (Lipinski definition) is 3. The Labute approximate surface area is 157 Å². The predicted octanol–water partition coefficient (Wildman–Crippen LogP) is 5.78. The maximum atomic E-state index is 11.0. The van der Waals surface area contributed by atoms with Crippen LogP contribution < -0.4 is 4.74 Å². The average molecular weight is 525 g/mol. The van der Waals surface area contributed by atoms with Crippen molar-refractivity contribution >= 4 is 36.5 Å². The summed E-state index contributed by atoms with van der Waals surface area (Å²) < 4.78 is 69.0. The van der Waals surface area contributed by atoms with E-state index in [0.717, 1.165) is 5.75 Å². The van der Waals surface area contributed by atoms with Gasteiger partial charge >= 0.3 is 42.5 Å². The molecule has 0 saturated heterocycles. The Morgan fingerprint density at radius 2 is 1.41 bits per heavy atom. The summed E-state index contributed by atoms with van der Waals surface area (Å²) in [6.07, 6.45) is 1.51. The Morgan fingerprint density at radius 3 is 1.85 bits per heavy atom. The fraction of sp³-hybridized carbons (Fsp3) is 0.188.